The molecule has 0 nitrogen and oxygen atoms in total. The minimum atomic E-state index is 1.01. The van der Waals surface area contributed by atoms with Crippen LogP contribution in [-0.2, 0) is 0 Å². The lowest BCUT2D eigenvalue weighted by Crippen LogP contribution is -1.69. The molecule has 0 amide bonds. The van der Waals surface area contributed by atoms with E-state index < -0.39 is 0 Å². The van der Waals surface area contributed by atoms with Crippen molar-refractivity contribution in [1.82, 2.24) is 0 Å². The van der Waals surface area contributed by atoms with Crippen molar-refractivity contribution in [2.75, 3.05) is 0 Å². The summed E-state index contributed by atoms with van der Waals surface area (Å²) in [6.45, 7) is 11.0. The van der Waals surface area contributed by atoms with E-state index in [1.807, 2.05) is 13.8 Å². The van der Waals surface area contributed by atoms with Crippen molar-refractivity contribution in [1.29, 1.82) is 0 Å². The zero-order valence-corrected chi connectivity index (χ0v) is 5.41. The van der Waals surface area contributed by atoms with Crippen LogP contribution in [0.15, 0.2) is 35.8 Å². The van der Waals surface area contributed by atoms with E-state index in [4.69, 9.17) is 0 Å². The molecule has 0 aliphatic carbocycles. The smallest absolute Gasteiger partial charge is 0.00158 e. The summed E-state index contributed by atoms with van der Waals surface area (Å²) in [6.07, 6.45) is 0. The first-order chi connectivity index (χ1) is 3.68. The van der Waals surface area contributed by atoms with Crippen molar-refractivity contribution >= 4 is 0 Å². The summed E-state index contributed by atoms with van der Waals surface area (Å²) >= 11 is 0. The molecule has 0 aromatic carbocycles. The first-order valence-corrected chi connectivity index (χ1v) is 2.46. The molecule has 0 heterocycles. The lowest BCUT2D eigenvalue weighted by Gasteiger charge is -1.87. The second-order valence-corrected chi connectivity index (χ2v) is 1.71. The highest BCUT2D eigenvalue weighted by molar-refractivity contribution is 5.22. The number of rotatable bonds is 1. The van der Waals surface area contributed by atoms with E-state index in [0.717, 1.165) is 11.1 Å². The standard InChI is InChI=1S/C8H10/c1-5-6-8(4)7(2)3/h1-2H2,3-4H3. The lowest BCUT2D eigenvalue weighted by molar-refractivity contribution is 1.38. The maximum Gasteiger partial charge on any atom is 0.00158 e. The summed E-state index contributed by atoms with van der Waals surface area (Å²) in [6, 6.07) is 0. The van der Waals surface area contributed by atoms with E-state index >= 15 is 0 Å². The molecule has 0 saturated heterocycles. The monoisotopic (exact) mass is 106 g/mol. The van der Waals surface area contributed by atoms with Gasteiger partial charge in [0.15, 0.2) is 0 Å². The molecule has 0 aromatic heterocycles. The quantitative estimate of drug-likeness (QED) is 0.356. The Bertz CT molecular complexity index is 172. The third kappa shape index (κ3) is 2.25. The third-order valence-corrected chi connectivity index (χ3v) is 0.916. The molecule has 42 valence electrons. The zero-order valence-electron chi connectivity index (χ0n) is 5.41. The largest absolute Gasteiger partial charge is 0.0952 e. The Kier molecular flexibility index (Phi) is 2.72. The molecule has 0 fully saturated rings. The van der Waals surface area contributed by atoms with E-state index in [9.17, 15) is 0 Å². The van der Waals surface area contributed by atoms with Gasteiger partial charge < -0.3 is 0 Å². The summed E-state index contributed by atoms with van der Waals surface area (Å²) in [7, 11) is 0. The Labute approximate surface area is 50.5 Å². The van der Waals surface area contributed by atoms with Gasteiger partial charge in [0.1, 0.15) is 0 Å². The molecule has 0 radical (unpaired) electrons. The summed E-state index contributed by atoms with van der Waals surface area (Å²) < 4.78 is 0. The molecule has 0 spiro atoms. The summed E-state index contributed by atoms with van der Waals surface area (Å²) in [5, 5.41) is 0. The highest BCUT2D eigenvalue weighted by Crippen LogP contribution is 2.00. The zero-order chi connectivity index (χ0) is 6.57. The summed E-state index contributed by atoms with van der Waals surface area (Å²) in [5.74, 6) is 0. The van der Waals surface area contributed by atoms with Crippen molar-refractivity contribution in [3.05, 3.63) is 35.8 Å². The first-order valence-electron chi connectivity index (χ1n) is 2.46. The maximum atomic E-state index is 3.71. The van der Waals surface area contributed by atoms with Crippen LogP contribution in [0, 0.1) is 0 Å². The molecule has 0 atom stereocenters. The van der Waals surface area contributed by atoms with Crippen LogP contribution >= 0.6 is 0 Å². The molecule has 8 heavy (non-hydrogen) atoms. The molecule has 0 heteroatoms. The second kappa shape index (κ2) is 3.10. The van der Waals surface area contributed by atoms with E-state index in [-0.39, 0.29) is 0 Å². The normalized spacial score (nSPS) is 6.75. The minimum absolute atomic E-state index is 1.01. The Hall–Kier alpha value is -0.960. The Morgan fingerprint density at radius 2 is 1.88 bits per heavy atom. The fourth-order valence-electron chi connectivity index (χ4n) is 0.239. The average molecular weight is 106 g/mol. The maximum absolute atomic E-state index is 3.71. The topological polar surface area (TPSA) is 0 Å². The molecule has 0 aliphatic rings. The predicted octanol–water partition coefficient (Wildman–Crippen LogP) is 2.45. The van der Waals surface area contributed by atoms with Crippen LogP contribution in [0.1, 0.15) is 13.8 Å². The molecule has 0 N–H and O–H groups in total. The predicted molar refractivity (Wildman–Crippen MR) is 36.7 cm³/mol. The van der Waals surface area contributed by atoms with Crippen LogP contribution in [0.4, 0.5) is 0 Å². The van der Waals surface area contributed by atoms with Gasteiger partial charge in [-0.05, 0) is 26.0 Å². The van der Waals surface area contributed by atoms with Crippen molar-refractivity contribution < 1.29 is 0 Å². The van der Waals surface area contributed by atoms with Crippen LogP contribution in [0.2, 0.25) is 0 Å². The molecule has 0 unspecified atom stereocenters. The molecule has 0 saturated carbocycles. The molecule has 0 aromatic rings. The van der Waals surface area contributed by atoms with Gasteiger partial charge in [-0.25, -0.2) is 0 Å². The van der Waals surface area contributed by atoms with Crippen LogP contribution in [0.5, 0.6) is 0 Å². The fraction of sp³-hybridized carbons (Fsp3) is 0.250. The molecule has 0 bridgehead atoms. The van der Waals surface area contributed by atoms with E-state index in [2.05, 4.69) is 24.6 Å². The Morgan fingerprint density at radius 3 is 2.00 bits per heavy atom. The van der Waals surface area contributed by atoms with E-state index in [1.54, 1.807) is 0 Å². The fourth-order valence-corrected chi connectivity index (χ4v) is 0.239. The van der Waals surface area contributed by atoms with Gasteiger partial charge in [-0.1, -0.05) is 18.0 Å². The van der Waals surface area contributed by atoms with Crippen LogP contribution in [0.25, 0.3) is 0 Å². The van der Waals surface area contributed by atoms with Gasteiger partial charge >= 0.3 is 0 Å². The number of allylic oxidation sites excluding steroid dienone is 2. The van der Waals surface area contributed by atoms with Gasteiger partial charge in [-0.2, -0.15) is 0 Å². The van der Waals surface area contributed by atoms with Crippen LogP contribution in [0.3, 0.4) is 0 Å². The van der Waals surface area contributed by atoms with Gasteiger partial charge in [0.2, 0.25) is 0 Å². The van der Waals surface area contributed by atoms with E-state index in [0.29, 0.717) is 0 Å². The third-order valence-electron chi connectivity index (χ3n) is 0.916. The van der Waals surface area contributed by atoms with Crippen LogP contribution < -0.4 is 0 Å². The second-order valence-electron chi connectivity index (χ2n) is 1.71. The van der Waals surface area contributed by atoms with Crippen LogP contribution in [-0.4, -0.2) is 0 Å². The summed E-state index contributed by atoms with van der Waals surface area (Å²) in [4.78, 5) is 0. The molecular weight excluding hydrogens is 96.1 g/mol. The highest BCUT2D eigenvalue weighted by Gasteiger charge is 1.81. The number of hydrogen-bond donors (Lipinski definition) is 0. The van der Waals surface area contributed by atoms with Crippen molar-refractivity contribution in [2.24, 2.45) is 0 Å². The van der Waals surface area contributed by atoms with Crippen molar-refractivity contribution in [3.8, 4) is 0 Å². The molecule has 0 rings (SSSR count). The van der Waals surface area contributed by atoms with Crippen molar-refractivity contribution in [3.63, 3.8) is 0 Å². The van der Waals surface area contributed by atoms with E-state index in [1.165, 1.54) is 0 Å². The van der Waals surface area contributed by atoms with Crippen molar-refractivity contribution in [2.45, 2.75) is 13.8 Å². The highest BCUT2D eigenvalue weighted by atomic mass is 13.9. The SMILES string of the molecule is C=C=C=C(C)C(=C)C. The van der Waals surface area contributed by atoms with Gasteiger partial charge in [0.05, 0.1) is 0 Å². The van der Waals surface area contributed by atoms with Gasteiger partial charge in [0, 0.05) is 5.57 Å². The first kappa shape index (κ1) is 7.04. The molecule has 0 aliphatic heterocycles. The minimum Gasteiger partial charge on any atom is -0.0952 e. The van der Waals surface area contributed by atoms with Gasteiger partial charge in [-0.15, -0.1) is 0 Å². The lowest BCUT2D eigenvalue weighted by atomic mass is 10.2. The van der Waals surface area contributed by atoms with Gasteiger partial charge in [-0.3, -0.25) is 0 Å². The average Bonchev–Trinajstić information content (AvgIpc) is 1.67. The Balaban J connectivity index is 4.48. The molecular formula is C8H10. The number of hydrogen-bond acceptors (Lipinski definition) is 0. The van der Waals surface area contributed by atoms with Gasteiger partial charge in [0.25, 0.3) is 0 Å². The summed E-state index contributed by atoms with van der Waals surface area (Å²) in [5.41, 5.74) is 7.38. The Morgan fingerprint density at radius 1 is 1.38 bits per heavy atom.